The van der Waals surface area contributed by atoms with Gasteiger partial charge in [-0.2, -0.15) is 0 Å². The zero-order valence-electron chi connectivity index (χ0n) is 21.4. The van der Waals surface area contributed by atoms with Crippen LogP contribution < -0.4 is 5.32 Å². The molecule has 0 bridgehead atoms. The van der Waals surface area contributed by atoms with Crippen molar-refractivity contribution in [1.29, 1.82) is 0 Å². The van der Waals surface area contributed by atoms with Gasteiger partial charge in [-0.05, 0) is 33.0 Å². The smallest absolute Gasteiger partial charge is 0.327 e. The van der Waals surface area contributed by atoms with Gasteiger partial charge in [-0.1, -0.05) is 133 Å². The first kappa shape index (κ1) is 26.3. The zero-order chi connectivity index (χ0) is 27.1. The maximum absolute atomic E-state index is 13.1. The molecule has 0 aliphatic rings. The van der Waals surface area contributed by atoms with Crippen molar-refractivity contribution in [2.75, 3.05) is 5.75 Å². The number of benzene rings is 5. The lowest BCUT2D eigenvalue weighted by molar-refractivity contribution is -0.141. The minimum absolute atomic E-state index is 0.108. The summed E-state index contributed by atoms with van der Waals surface area (Å²) in [5.41, 5.74) is 3.99. The lowest BCUT2D eigenvalue weighted by atomic mass is 9.84. The van der Waals surface area contributed by atoms with Crippen molar-refractivity contribution < 1.29 is 14.7 Å². The predicted molar refractivity (Wildman–Crippen MR) is 159 cm³/mol. The number of aliphatic carboxylic acids is 1. The Bertz CT molecular complexity index is 1450. The number of amides is 1. The van der Waals surface area contributed by atoms with E-state index in [1.54, 1.807) is 0 Å². The SMILES string of the molecule is O=C(Cc1cccc2ccccc12)N[C@@H](CSC(c1ccccc1)(c1ccccc1)c1ccccc1)C(=O)O. The molecule has 39 heavy (non-hydrogen) atoms. The van der Waals surface area contributed by atoms with Crippen molar-refractivity contribution in [3.05, 3.63) is 156 Å². The Labute approximate surface area is 232 Å². The lowest BCUT2D eigenvalue weighted by Crippen LogP contribution is -2.44. The fraction of sp³-hybridized carbons (Fsp3) is 0.118. The van der Waals surface area contributed by atoms with E-state index in [-0.39, 0.29) is 18.1 Å². The maximum Gasteiger partial charge on any atom is 0.327 e. The van der Waals surface area contributed by atoms with Crippen LogP contribution in [0.3, 0.4) is 0 Å². The van der Waals surface area contributed by atoms with Gasteiger partial charge in [0.2, 0.25) is 5.91 Å². The van der Waals surface area contributed by atoms with Crippen molar-refractivity contribution in [3.63, 3.8) is 0 Å². The molecule has 0 fully saturated rings. The van der Waals surface area contributed by atoms with Crippen LogP contribution in [0.25, 0.3) is 10.8 Å². The second-order valence-corrected chi connectivity index (χ2v) is 10.6. The average Bonchev–Trinajstić information content (AvgIpc) is 2.98. The largest absolute Gasteiger partial charge is 0.480 e. The van der Waals surface area contributed by atoms with E-state index in [1.165, 1.54) is 11.8 Å². The highest BCUT2D eigenvalue weighted by Crippen LogP contribution is 2.48. The normalized spacial score (nSPS) is 12.1. The first-order valence-electron chi connectivity index (χ1n) is 12.9. The summed E-state index contributed by atoms with van der Waals surface area (Å²) in [7, 11) is 0. The van der Waals surface area contributed by atoms with Crippen LogP contribution in [0.1, 0.15) is 22.3 Å². The molecule has 5 aromatic rings. The van der Waals surface area contributed by atoms with Gasteiger partial charge in [0.05, 0.1) is 11.2 Å². The number of hydrogen-bond donors (Lipinski definition) is 2. The molecule has 4 nitrogen and oxygen atoms in total. The van der Waals surface area contributed by atoms with Gasteiger partial charge in [-0.25, -0.2) is 4.79 Å². The number of carboxylic acid groups (broad SMARTS) is 1. The van der Waals surface area contributed by atoms with Crippen LogP contribution in [0.5, 0.6) is 0 Å². The predicted octanol–water partition coefficient (Wildman–Crippen LogP) is 6.68. The maximum atomic E-state index is 13.1. The Morgan fingerprint density at radius 2 is 1.15 bits per heavy atom. The van der Waals surface area contributed by atoms with Crippen molar-refractivity contribution >= 4 is 34.4 Å². The van der Waals surface area contributed by atoms with Gasteiger partial charge in [-0.3, -0.25) is 4.79 Å². The minimum atomic E-state index is -1.06. The van der Waals surface area contributed by atoms with Crippen LogP contribution in [0.15, 0.2) is 133 Å². The quantitative estimate of drug-likeness (QED) is 0.197. The van der Waals surface area contributed by atoms with Crippen LogP contribution in [-0.4, -0.2) is 28.8 Å². The molecule has 0 radical (unpaired) electrons. The number of carbonyl (C=O) groups is 2. The number of carbonyl (C=O) groups excluding carboxylic acids is 1. The summed E-state index contributed by atoms with van der Waals surface area (Å²) >= 11 is 1.52. The monoisotopic (exact) mass is 531 g/mol. The number of fused-ring (bicyclic) bond motifs is 1. The van der Waals surface area contributed by atoms with Crippen LogP contribution in [-0.2, 0) is 20.8 Å². The molecule has 0 unspecified atom stereocenters. The molecular weight excluding hydrogens is 502 g/mol. The second-order valence-electron chi connectivity index (χ2n) is 9.36. The van der Waals surface area contributed by atoms with E-state index in [0.29, 0.717) is 0 Å². The van der Waals surface area contributed by atoms with Gasteiger partial charge in [0.25, 0.3) is 0 Å². The number of thioether (sulfide) groups is 1. The van der Waals surface area contributed by atoms with Crippen LogP contribution in [0, 0.1) is 0 Å². The summed E-state index contributed by atoms with van der Waals surface area (Å²) in [5, 5.41) is 15.0. The zero-order valence-corrected chi connectivity index (χ0v) is 22.2. The molecule has 1 atom stereocenters. The van der Waals surface area contributed by atoms with Crippen molar-refractivity contribution in [2.45, 2.75) is 17.2 Å². The van der Waals surface area contributed by atoms with Crippen LogP contribution in [0.2, 0.25) is 0 Å². The van der Waals surface area contributed by atoms with E-state index >= 15 is 0 Å². The van der Waals surface area contributed by atoms with E-state index in [1.807, 2.05) is 97.1 Å². The van der Waals surface area contributed by atoms with E-state index in [2.05, 4.69) is 41.7 Å². The molecule has 0 saturated carbocycles. The first-order valence-corrected chi connectivity index (χ1v) is 13.9. The molecule has 0 saturated heterocycles. The molecule has 0 aliphatic heterocycles. The Hall–Kier alpha value is -4.35. The summed E-state index contributed by atoms with van der Waals surface area (Å²) < 4.78 is -0.669. The molecule has 0 aromatic heterocycles. The molecule has 2 N–H and O–H groups in total. The van der Waals surface area contributed by atoms with Crippen molar-refractivity contribution in [3.8, 4) is 0 Å². The summed E-state index contributed by atoms with van der Waals surface area (Å²) in [4.78, 5) is 25.5. The minimum Gasteiger partial charge on any atom is -0.480 e. The molecule has 5 heteroatoms. The summed E-state index contributed by atoms with van der Waals surface area (Å²) in [6.45, 7) is 0. The highest BCUT2D eigenvalue weighted by molar-refractivity contribution is 8.00. The number of nitrogens with one attached hydrogen (secondary N) is 1. The Morgan fingerprint density at radius 1 is 0.667 bits per heavy atom. The average molecular weight is 532 g/mol. The fourth-order valence-corrected chi connectivity index (χ4v) is 6.57. The van der Waals surface area contributed by atoms with Gasteiger partial charge < -0.3 is 10.4 Å². The van der Waals surface area contributed by atoms with Crippen molar-refractivity contribution in [2.24, 2.45) is 0 Å². The van der Waals surface area contributed by atoms with Gasteiger partial charge >= 0.3 is 5.97 Å². The molecule has 194 valence electrons. The van der Waals surface area contributed by atoms with Crippen LogP contribution >= 0.6 is 11.8 Å². The summed E-state index contributed by atoms with van der Waals surface area (Å²) in [6, 6.07) is 43.0. The third-order valence-corrected chi connectivity index (χ3v) is 8.51. The fourth-order valence-electron chi connectivity index (χ4n) is 5.02. The van der Waals surface area contributed by atoms with E-state index in [4.69, 9.17) is 0 Å². The van der Waals surface area contributed by atoms with E-state index < -0.39 is 16.8 Å². The second kappa shape index (κ2) is 12.0. The van der Waals surface area contributed by atoms with E-state index in [9.17, 15) is 14.7 Å². The van der Waals surface area contributed by atoms with E-state index in [0.717, 1.165) is 33.0 Å². The topological polar surface area (TPSA) is 66.4 Å². The molecule has 5 aromatic carbocycles. The third-order valence-electron chi connectivity index (χ3n) is 6.87. The number of carboxylic acids is 1. The standard InChI is InChI=1S/C34H29NO3S/c36-32(23-26-15-12-14-25-13-10-11-22-30(25)26)35-31(33(37)38)24-39-34(27-16-4-1-5-17-27,28-18-6-2-7-19-28)29-20-8-3-9-21-29/h1-22,31H,23-24H2,(H,35,36)(H,37,38)/t31-/m0/s1. The van der Waals surface area contributed by atoms with Crippen molar-refractivity contribution in [1.82, 2.24) is 5.32 Å². The molecule has 1 amide bonds. The lowest BCUT2D eigenvalue weighted by Gasteiger charge is -2.36. The molecule has 0 aliphatic carbocycles. The first-order chi connectivity index (χ1) is 19.1. The van der Waals surface area contributed by atoms with Crippen LogP contribution in [0.4, 0.5) is 0 Å². The Kier molecular flexibility index (Phi) is 8.09. The van der Waals surface area contributed by atoms with Gasteiger partial charge in [-0.15, -0.1) is 11.8 Å². The molecule has 5 rings (SSSR count). The van der Waals surface area contributed by atoms with Gasteiger partial charge in [0.15, 0.2) is 0 Å². The molecule has 0 spiro atoms. The van der Waals surface area contributed by atoms with Gasteiger partial charge in [0, 0.05) is 5.75 Å². The summed E-state index contributed by atoms with van der Waals surface area (Å²) in [5.74, 6) is -1.20. The van der Waals surface area contributed by atoms with Gasteiger partial charge in [0.1, 0.15) is 6.04 Å². The number of hydrogen-bond acceptors (Lipinski definition) is 3. The Balaban J connectivity index is 1.45. The molecular formula is C34H29NO3S. The highest BCUT2D eigenvalue weighted by atomic mass is 32.2. The number of rotatable bonds is 10. The third kappa shape index (κ3) is 5.74. The highest BCUT2D eigenvalue weighted by Gasteiger charge is 2.38. The Morgan fingerprint density at radius 3 is 1.69 bits per heavy atom. The summed E-state index contributed by atoms with van der Waals surface area (Å²) in [6.07, 6.45) is 0.108. The molecule has 0 heterocycles.